The predicted octanol–water partition coefficient (Wildman–Crippen LogP) is 4.40. The van der Waals surface area contributed by atoms with Crippen LogP contribution in [0.1, 0.15) is 32.8 Å². The first-order valence-electron chi connectivity index (χ1n) is 9.92. The molecule has 0 saturated carbocycles. The highest BCUT2D eigenvalue weighted by molar-refractivity contribution is 7.22. The lowest BCUT2D eigenvalue weighted by atomic mass is 10.2. The number of hydrogen-bond donors (Lipinski definition) is 1. The molecule has 0 spiro atoms. The van der Waals surface area contributed by atoms with Crippen LogP contribution >= 0.6 is 22.9 Å². The minimum Gasteiger partial charge on any atom is -0.444 e. The van der Waals surface area contributed by atoms with Gasteiger partial charge in [0.15, 0.2) is 5.13 Å². The van der Waals surface area contributed by atoms with Crippen molar-refractivity contribution in [2.45, 2.75) is 46.3 Å². The molecule has 0 radical (unpaired) electrons. The molecule has 8 nitrogen and oxygen atoms in total. The summed E-state index contributed by atoms with van der Waals surface area (Å²) in [6, 6.07) is 3.70. The first-order chi connectivity index (χ1) is 14.6. The number of alkyl carbamates (subject to hydrolysis) is 1. The monoisotopic (exact) mass is 463 g/mol. The van der Waals surface area contributed by atoms with Gasteiger partial charge in [-0.3, -0.25) is 9.69 Å². The third-order valence-electron chi connectivity index (χ3n) is 4.31. The molecule has 0 atom stereocenters. The molecule has 0 aliphatic carbocycles. The fourth-order valence-corrected chi connectivity index (χ4v) is 4.44. The van der Waals surface area contributed by atoms with E-state index in [0.29, 0.717) is 29.7 Å². The van der Waals surface area contributed by atoms with Gasteiger partial charge in [0, 0.05) is 30.5 Å². The number of rotatable bonds is 7. The van der Waals surface area contributed by atoms with E-state index in [-0.39, 0.29) is 12.5 Å². The number of amides is 2. The Morgan fingerprint density at radius 3 is 2.77 bits per heavy atom. The highest BCUT2D eigenvalue weighted by Gasteiger charge is 2.22. The average molecular weight is 464 g/mol. The molecule has 3 rings (SSSR count). The lowest BCUT2D eigenvalue weighted by molar-refractivity contribution is -0.117. The van der Waals surface area contributed by atoms with Crippen molar-refractivity contribution in [2.24, 2.45) is 0 Å². The molecule has 0 fully saturated rings. The summed E-state index contributed by atoms with van der Waals surface area (Å²) in [6.45, 7) is 8.21. The van der Waals surface area contributed by atoms with Gasteiger partial charge in [0.05, 0.1) is 16.5 Å². The van der Waals surface area contributed by atoms with Crippen LogP contribution in [0.15, 0.2) is 30.9 Å². The Morgan fingerprint density at radius 1 is 1.32 bits per heavy atom. The Bertz CT molecular complexity index is 1060. The zero-order valence-electron chi connectivity index (χ0n) is 18.0. The number of carbonyl (C=O) groups is 2. The minimum absolute atomic E-state index is 0.185. The first-order valence-corrected chi connectivity index (χ1v) is 11.1. The van der Waals surface area contributed by atoms with E-state index >= 15 is 0 Å². The Balaban J connectivity index is 1.76. The van der Waals surface area contributed by atoms with E-state index in [4.69, 9.17) is 16.3 Å². The fourth-order valence-electron chi connectivity index (χ4n) is 2.97. The van der Waals surface area contributed by atoms with Crippen molar-refractivity contribution in [3.63, 3.8) is 0 Å². The first kappa shape index (κ1) is 23.0. The molecule has 0 bridgehead atoms. The smallest absolute Gasteiger partial charge is 0.408 e. The summed E-state index contributed by atoms with van der Waals surface area (Å²) in [5.41, 5.74) is 1.13. The number of aromatic nitrogens is 3. The number of hydrogen-bond acceptors (Lipinski definition) is 6. The number of ether oxygens (including phenoxy) is 1. The Hall–Kier alpha value is -2.65. The molecule has 1 aromatic carbocycles. The van der Waals surface area contributed by atoms with Gasteiger partial charge in [-0.05, 0) is 51.8 Å². The van der Waals surface area contributed by atoms with E-state index in [1.54, 1.807) is 38.2 Å². The number of carbonyl (C=O) groups excluding carboxylic acids is 2. The molecule has 2 heterocycles. The van der Waals surface area contributed by atoms with Crippen LogP contribution in [0, 0.1) is 6.92 Å². The molecule has 0 saturated heterocycles. The maximum absolute atomic E-state index is 13.0. The Kier molecular flexibility index (Phi) is 7.17. The number of nitrogens with zero attached hydrogens (tertiary/aromatic N) is 4. The van der Waals surface area contributed by atoms with Crippen LogP contribution in [0.3, 0.4) is 0 Å². The molecule has 2 amide bonds. The topological polar surface area (TPSA) is 89.4 Å². The molecule has 3 aromatic rings. The summed E-state index contributed by atoms with van der Waals surface area (Å²) in [4.78, 5) is 35.3. The average Bonchev–Trinajstić information content (AvgIpc) is 3.31. The van der Waals surface area contributed by atoms with Gasteiger partial charge in [-0.1, -0.05) is 22.9 Å². The molecule has 10 heteroatoms. The zero-order valence-corrected chi connectivity index (χ0v) is 19.6. The standard InChI is InChI=1S/C21H26ClN5O3S/c1-14-10-15(22)11-16-18(14)25-19(31-16)27(8-5-7-26-9-6-23-13-26)17(28)12-24-20(29)30-21(2,3)4/h6,9-11,13H,5,7-8,12H2,1-4H3,(H,24,29). The number of halogens is 1. The zero-order chi connectivity index (χ0) is 22.6. The lowest BCUT2D eigenvalue weighted by Gasteiger charge is -2.22. The number of anilines is 1. The van der Waals surface area contributed by atoms with Gasteiger partial charge < -0.3 is 14.6 Å². The van der Waals surface area contributed by atoms with Crippen LogP contribution in [0.4, 0.5) is 9.93 Å². The van der Waals surface area contributed by atoms with Gasteiger partial charge in [-0.15, -0.1) is 0 Å². The molecule has 0 unspecified atom stereocenters. The minimum atomic E-state index is -0.637. The largest absolute Gasteiger partial charge is 0.444 e. The summed E-state index contributed by atoms with van der Waals surface area (Å²) in [7, 11) is 0. The number of aryl methyl sites for hydroxylation is 2. The van der Waals surface area contributed by atoms with Gasteiger partial charge in [0.2, 0.25) is 5.91 Å². The van der Waals surface area contributed by atoms with Crippen molar-refractivity contribution >= 4 is 50.3 Å². The highest BCUT2D eigenvalue weighted by Crippen LogP contribution is 2.33. The van der Waals surface area contributed by atoms with E-state index in [1.165, 1.54) is 11.3 Å². The second kappa shape index (κ2) is 9.65. The van der Waals surface area contributed by atoms with E-state index in [9.17, 15) is 9.59 Å². The molecule has 166 valence electrons. The Labute approximate surface area is 190 Å². The SMILES string of the molecule is Cc1cc(Cl)cc2sc(N(CCCn3ccnc3)C(=O)CNC(=O)OC(C)(C)C)nc12. The summed E-state index contributed by atoms with van der Waals surface area (Å²) in [5, 5.41) is 3.74. The summed E-state index contributed by atoms with van der Waals surface area (Å²) < 4.78 is 8.08. The van der Waals surface area contributed by atoms with Crippen molar-refractivity contribution in [1.82, 2.24) is 19.9 Å². The van der Waals surface area contributed by atoms with Gasteiger partial charge in [-0.2, -0.15) is 0 Å². The maximum atomic E-state index is 13.0. The van der Waals surface area contributed by atoms with E-state index in [0.717, 1.165) is 15.8 Å². The van der Waals surface area contributed by atoms with E-state index in [1.807, 2.05) is 29.8 Å². The van der Waals surface area contributed by atoms with Crippen LogP contribution in [0.25, 0.3) is 10.2 Å². The molecule has 0 aliphatic rings. The number of fused-ring (bicyclic) bond motifs is 1. The Morgan fingerprint density at radius 2 is 2.10 bits per heavy atom. The maximum Gasteiger partial charge on any atom is 0.408 e. The molecule has 0 aliphatic heterocycles. The molecular weight excluding hydrogens is 438 g/mol. The number of benzene rings is 1. The molecular formula is C21H26ClN5O3S. The van der Waals surface area contributed by atoms with Crippen molar-refractivity contribution < 1.29 is 14.3 Å². The van der Waals surface area contributed by atoms with Gasteiger partial charge in [-0.25, -0.2) is 14.8 Å². The summed E-state index contributed by atoms with van der Waals surface area (Å²) in [6.07, 6.45) is 5.39. The third kappa shape index (κ3) is 6.41. The van der Waals surface area contributed by atoms with Gasteiger partial charge in [0.1, 0.15) is 12.1 Å². The fraction of sp³-hybridized carbons (Fsp3) is 0.429. The van der Waals surface area contributed by atoms with Crippen LogP contribution < -0.4 is 10.2 Å². The van der Waals surface area contributed by atoms with Gasteiger partial charge >= 0.3 is 6.09 Å². The second-order valence-corrected chi connectivity index (χ2v) is 9.57. The number of thiazole rings is 1. The molecule has 2 aromatic heterocycles. The number of imidazole rings is 1. The van der Waals surface area contributed by atoms with Crippen molar-refractivity contribution in [3.05, 3.63) is 41.4 Å². The molecule has 31 heavy (non-hydrogen) atoms. The summed E-state index contributed by atoms with van der Waals surface area (Å²) >= 11 is 7.58. The molecule has 1 N–H and O–H groups in total. The van der Waals surface area contributed by atoms with E-state index < -0.39 is 11.7 Å². The van der Waals surface area contributed by atoms with Crippen LogP contribution in [0.2, 0.25) is 5.02 Å². The van der Waals surface area contributed by atoms with E-state index in [2.05, 4.69) is 15.3 Å². The third-order valence-corrected chi connectivity index (χ3v) is 5.55. The van der Waals surface area contributed by atoms with Crippen LogP contribution in [0.5, 0.6) is 0 Å². The van der Waals surface area contributed by atoms with Crippen molar-refractivity contribution in [3.8, 4) is 0 Å². The normalized spacial score (nSPS) is 11.5. The van der Waals surface area contributed by atoms with Crippen molar-refractivity contribution in [2.75, 3.05) is 18.0 Å². The quantitative estimate of drug-likeness (QED) is 0.560. The van der Waals surface area contributed by atoms with Crippen LogP contribution in [-0.2, 0) is 16.1 Å². The van der Waals surface area contributed by atoms with Crippen molar-refractivity contribution in [1.29, 1.82) is 0 Å². The predicted molar refractivity (Wildman–Crippen MR) is 123 cm³/mol. The lowest BCUT2D eigenvalue weighted by Crippen LogP contribution is -2.42. The van der Waals surface area contributed by atoms with Gasteiger partial charge in [0.25, 0.3) is 0 Å². The number of nitrogens with one attached hydrogen (secondary N) is 1. The summed E-state index contributed by atoms with van der Waals surface area (Å²) in [5.74, 6) is -0.265. The second-order valence-electron chi connectivity index (χ2n) is 8.12. The van der Waals surface area contributed by atoms with Crippen LogP contribution in [-0.4, -0.2) is 45.2 Å². The highest BCUT2D eigenvalue weighted by atomic mass is 35.5.